The highest BCUT2D eigenvalue weighted by atomic mass is 16.5. The maximum atomic E-state index is 5.28. The Labute approximate surface area is 113 Å². The zero-order valence-electron chi connectivity index (χ0n) is 11.2. The first-order valence-corrected chi connectivity index (χ1v) is 6.41. The Kier molecular flexibility index (Phi) is 2.96. The second-order valence-electron chi connectivity index (χ2n) is 4.79. The Morgan fingerprint density at radius 2 is 1.37 bits per heavy atom. The van der Waals surface area contributed by atoms with Gasteiger partial charge in [-0.15, -0.1) is 0 Å². The van der Waals surface area contributed by atoms with Gasteiger partial charge in [0.2, 0.25) is 0 Å². The summed E-state index contributed by atoms with van der Waals surface area (Å²) in [6, 6.07) is 21.3. The summed E-state index contributed by atoms with van der Waals surface area (Å²) in [5.41, 5.74) is 3.77. The first kappa shape index (κ1) is 11.8. The number of benzene rings is 3. The summed E-state index contributed by atoms with van der Waals surface area (Å²) in [6.07, 6.45) is 0. The normalized spacial score (nSPS) is 10.6. The monoisotopic (exact) mass is 248 g/mol. The summed E-state index contributed by atoms with van der Waals surface area (Å²) in [5.74, 6) is 0.897. The number of rotatable bonds is 2. The summed E-state index contributed by atoms with van der Waals surface area (Å²) >= 11 is 0. The molecule has 3 aromatic carbocycles. The van der Waals surface area contributed by atoms with Crippen molar-refractivity contribution in [3.8, 4) is 16.9 Å². The predicted molar refractivity (Wildman–Crippen MR) is 80.7 cm³/mol. The topological polar surface area (TPSA) is 9.23 Å². The van der Waals surface area contributed by atoms with Crippen LogP contribution in [0.1, 0.15) is 5.56 Å². The lowest BCUT2D eigenvalue weighted by molar-refractivity contribution is 0.415. The molecule has 0 fully saturated rings. The lowest BCUT2D eigenvalue weighted by Gasteiger charge is -2.06. The second-order valence-corrected chi connectivity index (χ2v) is 4.79. The largest absolute Gasteiger partial charge is 0.497 e. The SMILES string of the molecule is COc1ccc2ccc(-c3ccc(C)cc3)cc2c1. The van der Waals surface area contributed by atoms with Crippen molar-refractivity contribution in [3.63, 3.8) is 0 Å². The third-order valence-electron chi connectivity index (χ3n) is 3.43. The minimum absolute atomic E-state index is 0.897. The Hall–Kier alpha value is -2.28. The molecule has 94 valence electrons. The van der Waals surface area contributed by atoms with Crippen LogP contribution in [0, 0.1) is 6.92 Å². The summed E-state index contributed by atoms with van der Waals surface area (Å²) in [7, 11) is 1.70. The molecule has 0 aliphatic heterocycles. The molecule has 0 bridgehead atoms. The molecule has 3 aromatic rings. The molecule has 0 aromatic heterocycles. The summed E-state index contributed by atoms with van der Waals surface area (Å²) < 4.78 is 5.28. The second kappa shape index (κ2) is 4.77. The van der Waals surface area contributed by atoms with Crippen LogP contribution >= 0.6 is 0 Å². The van der Waals surface area contributed by atoms with Crippen LogP contribution < -0.4 is 4.74 Å². The first-order valence-electron chi connectivity index (χ1n) is 6.41. The number of hydrogen-bond donors (Lipinski definition) is 0. The number of ether oxygens (including phenoxy) is 1. The van der Waals surface area contributed by atoms with E-state index in [0.29, 0.717) is 0 Å². The molecule has 0 heterocycles. The van der Waals surface area contributed by atoms with E-state index in [1.54, 1.807) is 7.11 Å². The molecule has 0 aliphatic carbocycles. The van der Waals surface area contributed by atoms with E-state index < -0.39 is 0 Å². The molecule has 1 heteroatoms. The van der Waals surface area contributed by atoms with Gasteiger partial charge < -0.3 is 4.74 Å². The Morgan fingerprint density at radius 3 is 2.11 bits per heavy atom. The van der Waals surface area contributed by atoms with Gasteiger partial charge in [-0.25, -0.2) is 0 Å². The Morgan fingerprint density at radius 1 is 0.684 bits per heavy atom. The van der Waals surface area contributed by atoms with Crippen LogP contribution in [0.2, 0.25) is 0 Å². The van der Waals surface area contributed by atoms with Crippen molar-refractivity contribution in [1.29, 1.82) is 0 Å². The summed E-state index contributed by atoms with van der Waals surface area (Å²) in [6.45, 7) is 2.11. The summed E-state index contributed by atoms with van der Waals surface area (Å²) in [4.78, 5) is 0. The molecule has 19 heavy (non-hydrogen) atoms. The fourth-order valence-electron chi connectivity index (χ4n) is 2.28. The van der Waals surface area contributed by atoms with Crippen LogP contribution in [0.5, 0.6) is 5.75 Å². The van der Waals surface area contributed by atoms with Crippen molar-refractivity contribution in [2.45, 2.75) is 6.92 Å². The molecule has 0 unspecified atom stereocenters. The van der Waals surface area contributed by atoms with Gasteiger partial charge in [0.25, 0.3) is 0 Å². The summed E-state index contributed by atoms with van der Waals surface area (Å²) in [5, 5.41) is 2.44. The smallest absolute Gasteiger partial charge is 0.119 e. The van der Waals surface area contributed by atoms with Gasteiger partial charge >= 0.3 is 0 Å². The molecule has 0 aliphatic rings. The molecule has 0 saturated heterocycles. The van der Waals surface area contributed by atoms with E-state index in [1.807, 2.05) is 6.07 Å². The van der Waals surface area contributed by atoms with Gasteiger partial charge in [0.15, 0.2) is 0 Å². The molecule has 0 amide bonds. The Balaban J connectivity index is 2.12. The Bertz CT molecular complexity index is 711. The minimum atomic E-state index is 0.897. The highest BCUT2D eigenvalue weighted by Gasteiger charge is 2.01. The van der Waals surface area contributed by atoms with Gasteiger partial charge in [-0.3, -0.25) is 0 Å². The van der Waals surface area contributed by atoms with Crippen molar-refractivity contribution in [1.82, 2.24) is 0 Å². The van der Waals surface area contributed by atoms with E-state index in [1.165, 1.54) is 27.5 Å². The molecule has 1 nitrogen and oxygen atoms in total. The highest BCUT2D eigenvalue weighted by Crippen LogP contribution is 2.27. The minimum Gasteiger partial charge on any atom is -0.497 e. The fourth-order valence-corrected chi connectivity index (χ4v) is 2.28. The number of hydrogen-bond acceptors (Lipinski definition) is 1. The van der Waals surface area contributed by atoms with Crippen LogP contribution in [0.15, 0.2) is 60.7 Å². The molecular formula is C18H16O. The predicted octanol–water partition coefficient (Wildman–Crippen LogP) is 4.82. The maximum absolute atomic E-state index is 5.28. The van der Waals surface area contributed by atoms with Crippen LogP contribution in [0.25, 0.3) is 21.9 Å². The number of fused-ring (bicyclic) bond motifs is 1. The van der Waals surface area contributed by atoms with Gasteiger partial charge in [0.05, 0.1) is 7.11 Å². The van der Waals surface area contributed by atoms with E-state index >= 15 is 0 Å². The quantitative estimate of drug-likeness (QED) is 0.631. The van der Waals surface area contributed by atoms with Crippen molar-refractivity contribution >= 4 is 10.8 Å². The van der Waals surface area contributed by atoms with Crippen LogP contribution in [0.3, 0.4) is 0 Å². The first-order chi connectivity index (χ1) is 9.26. The van der Waals surface area contributed by atoms with E-state index in [4.69, 9.17) is 4.74 Å². The maximum Gasteiger partial charge on any atom is 0.119 e. The van der Waals surface area contributed by atoms with Gasteiger partial charge in [0, 0.05) is 0 Å². The molecule has 0 N–H and O–H groups in total. The zero-order chi connectivity index (χ0) is 13.2. The molecule has 0 atom stereocenters. The third kappa shape index (κ3) is 2.32. The van der Waals surface area contributed by atoms with Crippen LogP contribution in [-0.4, -0.2) is 7.11 Å². The number of methoxy groups -OCH3 is 1. The lowest BCUT2D eigenvalue weighted by atomic mass is 10.0. The van der Waals surface area contributed by atoms with Gasteiger partial charge in [-0.2, -0.15) is 0 Å². The zero-order valence-corrected chi connectivity index (χ0v) is 11.2. The van der Waals surface area contributed by atoms with E-state index in [-0.39, 0.29) is 0 Å². The van der Waals surface area contributed by atoms with Crippen molar-refractivity contribution in [3.05, 3.63) is 66.2 Å². The van der Waals surface area contributed by atoms with Gasteiger partial charge in [0.1, 0.15) is 5.75 Å². The average Bonchev–Trinajstić information content (AvgIpc) is 2.47. The van der Waals surface area contributed by atoms with Gasteiger partial charge in [-0.1, -0.05) is 48.0 Å². The van der Waals surface area contributed by atoms with E-state index in [2.05, 4.69) is 61.5 Å². The molecule has 0 spiro atoms. The molecule has 3 rings (SSSR count). The fraction of sp³-hybridized carbons (Fsp3) is 0.111. The van der Waals surface area contributed by atoms with Crippen molar-refractivity contribution in [2.24, 2.45) is 0 Å². The average molecular weight is 248 g/mol. The van der Waals surface area contributed by atoms with Gasteiger partial charge in [-0.05, 0) is 47.0 Å². The lowest BCUT2D eigenvalue weighted by Crippen LogP contribution is -1.83. The standard InChI is InChI=1S/C18H16O/c1-13-3-5-14(6-4-13)16-8-7-15-9-10-18(19-2)12-17(15)11-16/h3-12H,1-2H3. The van der Waals surface area contributed by atoms with E-state index in [0.717, 1.165) is 5.75 Å². The molecular weight excluding hydrogens is 232 g/mol. The highest BCUT2D eigenvalue weighted by molar-refractivity contribution is 5.88. The van der Waals surface area contributed by atoms with E-state index in [9.17, 15) is 0 Å². The van der Waals surface area contributed by atoms with Crippen LogP contribution in [-0.2, 0) is 0 Å². The van der Waals surface area contributed by atoms with Crippen molar-refractivity contribution < 1.29 is 4.74 Å². The third-order valence-corrected chi connectivity index (χ3v) is 3.43. The van der Waals surface area contributed by atoms with Crippen LogP contribution in [0.4, 0.5) is 0 Å². The molecule has 0 saturated carbocycles. The number of aryl methyl sites for hydroxylation is 1. The van der Waals surface area contributed by atoms with Crippen molar-refractivity contribution in [2.75, 3.05) is 7.11 Å². The molecule has 0 radical (unpaired) electrons.